The molecule has 4 aliphatic carbocycles. The Kier molecular flexibility index (Phi) is 1.76. The van der Waals surface area contributed by atoms with E-state index in [0.29, 0.717) is 6.04 Å². The van der Waals surface area contributed by atoms with Crippen LogP contribution in [0.15, 0.2) is 0 Å². The number of hydrogen-bond donors (Lipinski definition) is 2. The molecule has 2 heteroatoms. The lowest BCUT2D eigenvalue weighted by Crippen LogP contribution is -2.60. The highest BCUT2D eigenvalue weighted by Gasteiger charge is 2.66. The summed E-state index contributed by atoms with van der Waals surface area (Å²) >= 11 is 0. The van der Waals surface area contributed by atoms with Crippen LogP contribution in [0.4, 0.5) is 0 Å². The molecule has 0 aromatic heterocycles. The van der Waals surface area contributed by atoms with Gasteiger partial charge in [-0.2, -0.15) is 0 Å². The number of aliphatic hydroxyl groups is 1. The largest absolute Gasteiger partial charge is 0.392 e. The summed E-state index contributed by atoms with van der Waals surface area (Å²) in [5.41, 5.74) is 0.107. The highest BCUT2D eigenvalue weighted by molar-refractivity contribution is 5.18. The van der Waals surface area contributed by atoms with Gasteiger partial charge >= 0.3 is 0 Å². The fraction of sp³-hybridized carbons (Fsp3) is 1.00. The van der Waals surface area contributed by atoms with Crippen LogP contribution in [0.3, 0.4) is 0 Å². The minimum absolute atomic E-state index is 0.0830. The van der Waals surface area contributed by atoms with E-state index in [-0.39, 0.29) is 11.5 Å². The van der Waals surface area contributed by atoms with Gasteiger partial charge in [-0.3, -0.25) is 0 Å². The third kappa shape index (κ3) is 1.06. The van der Waals surface area contributed by atoms with E-state index in [1.54, 1.807) is 0 Å². The molecule has 0 aromatic carbocycles. The maximum Gasteiger partial charge on any atom is 0.0621 e. The molecule has 4 aliphatic rings. The molecule has 0 spiro atoms. The second-order valence-electron chi connectivity index (χ2n) is 7.31. The lowest BCUT2D eigenvalue weighted by atomic mass is 9.64. The number of fused-ring (bicyclic) bond motifs is 5. The van der Waals surface area contributed by atoms with E-state index >= 15 is 0 Å². The zero-order valence-electron chi connectivity index (χ0n) is 10.3. The second-order valence-corrected chi connectivity index (χ2v) is 7.31. The van der Waals surface area contributed by atoms with Gasteiger partial charge in [-0.15, -0.1) is 0 Å². The van der Waals surface area contributed by atoms with E-state index in [1.165, 1.54) is 19.3 Å². The smallest absolute Gasteiger partial charge is 0.0621 e. The molecule has 4 saturated carbocycles. The van der Waals surface area contributed by atoms with Gasteiger partial charge in [-0.1, -0.05) is 13.8 Å². The summed E-state index contributed by atoms with van der Waals surface area (Å²) in [7, 11) is 0. The molecular formula is C14H23NO. The molecule has 6 unspecified atom stereocenters. The lowest BCUT2D eigenvalue weighted by molar-refractivity contribution is -0.0741. The van der Waals surface area contributed by atoms with Crippen LogP contribution in [0.1, 0.15) is 39.5 Å². The molecule has 2 N–H and O–H groups in total. The number of rotatable bonds is 2. The van der Waals surface area contributed by atoms with Crippen LogP contribution in [-0.2, 0) is 0 Å². The van der Waals surface area contributed by atoms with Crippen LogP contribution < -0.4 is 5.32 Å². The minimum atomic E-state index is -0.0830. The van der Waals surface area contributed by atoms with Gasteiger partial charge in [0.05, 0.1) is 6.10 Å². The van der Waals surface area contributed by atoms with Gasteiger partial charge in [0.15, 0.2) is 0 Å². The molecule has 6 atom stereocenters. The zero-order chi connectivity index (χ0) is 11.1. The van der Waals surface area contributed by atoms with Crippen LogP contribution in [0.2, 0.25) is 0 Å². The predicted molar refractivity (Wildman–Crippen MR) is 62.9 cm³/mol. The summed E-state index contributed by atoms with van der Waals surface area (Å²) in [6, 6.07) is 1.39. The Morgan fingerprint density at radius 3 is 2.19 bits per heavy atom. The Hall–Kier alpha value is -0.0800. The van der Waals surface area contributed by atoms with Crippen molar-refractivity contribution < 1.29 is 5.11 Å². The van der Waals surface area contributed by atoms with Crippen LogP contribution in [-0.4, -0.2) is 23.3 Å². The first-order valence-corrected chi connectivity index (χ1v) is 7.03. The summed E-state index contributed by atoms with van der Waals surface area (Å²) in [6.45, 7) is 4.40. The highest BCUT2D eigenvalue weighted by atomic mass is 16.3. The average molecular weight is 221 g/mol. The number of aliphatic hydroxyl groups excluding tert-OH is 1. The van der Waals surface area contributed by atoms with Crippen molar-refractivity contribution in [1.82, 2.24) is 5.32 Å². The molecule has 0 radical (unpaired) electrons. The first-order valence-electron chi connectivity index (χ1n) is 7.03. The molecule has 4 fully saturated rings. The molecule has 2 bridgehead atoms. The van der Waals surface area contributed by atoms with Crippen LogP contribution >= 0.6 is 0 Å². The zero-order valence-corrected chi connectivity index (χ0v) is 10.3. The standard InChI is InChI=1S/C14H23NO/c1-14(2)9(6-10(14)16)15-13-11-7-3-4-8(5-7)12(11)13/h7-13,15-16H,3-6H2,1-2H3. The van der Waals surface area contributed by atoms with Crippen LogP contribution in [0, 0.1) is 29.1 Å². The maximum atomic E-state index is 9.76. The van der Waals surface area contributed by atoms with Crippen LogP contribution in [0.25, 0.3) is 0 Å². The Morgan fingerprint density at radius 2 is 1.69 bits per heavy atom. The fourth-order valence-electron chi connectivity index (χ4n) is 4.97. The predicted octanol–water partition coefficient (Wildman–Crippen LogP) is 1.78. The highest BCUT2D eigenvalue weighted by Crippen LogP contribution is 2.66. The molecule has 0 aromatic rings. The average Bonchev–Trinajstić information content (AvgIpc) is 2.67. The van der Waals surface area contributed by atoms with Crippen molar-refractivity contribution in [3.05, 3.63) is 0 Å². The lowest BCUT2D eigenvalue weighted by Gasteiger charge is -2.50. The van der Waals surface area contributed by atoms with E-state index in [2.05, 4.69) is 19.2 Å². The first kappa shape index (κ1) is 9.90. The first-order chi connectivity index (χ1) is 7.59. The third-order valence-electron chi connectivity index (χ3n) is 6.34. The van der Waals surface area contributed by atoms with Crippen molar-refractivity contribution in [2.24, 2.45) is 29.1 Å². The van der Waals surface area contributed by atoms with Gasteiger partial charge in [0.1, 0.15) is 0 Å². The Bertz CT molecular complexity index is 311. The van der Waals surface area contributed by atoms with Crippen molar-refractivity contribution >= 4 is 0 Å². The summed E-state index contributed by atoms with van der Waals surface area (Å²) in [5, 5.41) is 13.6. The van der Waals surface area contributed by atoms with Crippen molar-refractivity contribution in [3.63, 3.8) is 0 Å². The molecular weight excluding hydrogens is 198 g/mol. The fourth-order valence-corrected chi connectivity index (χ4v) is 4.97. The number of hydrogen-bond acceptors (Lipinski definition) is 2. The van der Waals surface area contributed by atoms with E-state index in [1.807, 2.05) is 0 Å². The normalized spacial score (nSPS) is 60.6. The topological polar surface area (TPSA) is 32.3 Å². The molecule has 0 heterocycles. The van der Waals surface area contributed by atoms with Gasteiger partial charge in [0.2, 0.25) is 0 Å². The van der Waals surface area contributed by atoms with E-state index < -0.39 is 0 Å². The molecule has 2 nitrogen and oxygen atoms in total. The quantitative estimate of drug-likeness (QED) is 0.745. The van der Waals surface area contributed by atoms with Gasteiger partial charge in [-0.25, -0.2) is 0 Å². The van der Waals surface area contributed by atoms with Crippen molar-refractivity contribution in [2.45, 2.75) is 57.7 Å². The Labute approximate surface area is 97.8 Å². The van der Waals surface area contributed by atoms with E-state index in [4.69, 9.17) is 0 Å². The van der Waals surface area contributed by atoms with E-state index in [0.717, 1.165) is 36.1 Å². The van der Waals surface area contributed by atoms with Crippen molar-refractivity contribution in [2.75, 3.05) is 0 Å². The van der Waals surface area contributed by atoms with Gasteiger partial charge in [0, 0.05) is 17.5 Å². The second kappa shape index (κ2) is 2.84. The SMILES string of the molecule is CC1(C)C(O)CC1NC1C2C3CCC(C3)C12. The molecule has 16 heavy (non-hydrogen) atoms. The summed E-state index contributed by atoms with van der Waals surface area (Å²) in [5.74, 6) is 4.15. The van der Waals surface area contributed by atoms with Crippen molar-refractivity contribution in [1.29, 1.82) is 0 Å². The van der Waals surface area contributed by atoms with Crippen LogP contribution in [0.5, 0.6) is 0 Å². The number of nitrogens with one attached hydrogen (secondary N) is 1. The molecule has 90 valence electrons. The third-order valence-corrected chi connectivity index (χ3v) is 6.34. The summed E-state index contributed by atoms with van der Waals surface area (Å²) < 4.78 is 0. The molecule has 0 amide bonds. The van der Waals surface area contributed by atoms with Crippen molar-refractivity contribution in [3.8, 4) is 0 Å². The maximum absolute atomic E-state index is 9.76. The minimum Gasteiger partial charge on any atom is -0.392 e. The molecule has 0 saturated heterocycles. The Balaban J connectivity index is 1.41. The summed E-state index contributed by atoms with van der Waals surface area (Å²) in [6.07, 6.45) is 5.42. The van der Waals surface area contributed by atoms with Gasteiger partial charge in [-0.05, 0) is 49.4 Å². The van der Waals surface area contributed by atoms with E-state index in [9.17, 15) is 5.11 Å². The van der Waals surface area contributed by atoms with Gasteiger partial charge < -0.3 is 10.4 Å². The molecule has 0 aliphatic heterocycles. The molecule has 4 rings (SSSR count). The summed E-state index contributed by atoms with van der Waals surface area (Å²) in [4.78, 5) is 0. The monoisotopic (exact) mass is 221 g/mol. The van der Waals surface area contributed by atoms with Gasteiger partial charge in [0.25, 0.3) is 0 Å². The Morgan fingerprint density at radius 1 is 1.06 bits per heavy atom.